The molecule has 7 nitrogen and oxygen atoms in total. The van der Waals surface area contributed by atoms with Gasteiger partial charge in [-0.1, -0.05) is 23.4 Å². The smallest absolute Gasteiger partial charge is 0.267 e. The van der Waals surface area contributed by atoms with Gasteiger partial charge in [-0.15, -0.1) is 0 Å². The van der Waals surface area contributed by atoms with Gasteiger partial charge in [-0.3, -0.25) is 9.69 Å². The topological polar surface area (TPSA) is 89.2 Å². The van der Waals surface area contributed by atoms with Crippen LogP contribution in [0.15, 0.2) is 47.6 Å². The van der Waals surface area contributed by atoms with Crippen molar-refractivity contribution < 1.29 is 23.1 Å². The molecule has 30 heavy (non-hydrogen) atoms. The average molecular weight is 418 g/mol. The summed E-state index contributed by atoms with van der Waals surface area (Å²) >= 11 is 0. The van der Waals surface area contributed by atoms with Gasteiger partial charge in [-0.05, 0) is 30.7 Å². The maximum Gasteiger partial charge on any atom is 0.267 e. The van der Waals surface area contributed by atoms with Crippen molar-refractivity contribution in [2.45, 2.75) is 19.6 Å². The van der Waals surface area contributed by atoms with Crippen molar-refractivity contribution in [3.63, 3.8) is 0 Å². The summed E-state index contributed by atoms with van der Waals surface area (Å²) in [6, 6.07) is 10.7. The Balaban J connectivity index is 1.57. The number of ether oxygens (including phenoxy) is 1. The summed E-state index contributed by atoms with van der Waals surface area (Å²) in [4.78, 5) is 19.6. The molecule has 1 aliphatic rings. The molecule has 1 amide bonds. The summed E-state index contributed by atoms with van der Waals surface area (Å²) in [6.07, 6.45) is -0.992. The average Bonchev–Trinajstić information content (AvgIpc) is 2.75. The highest BCUT2D eigenvalue weighted by Gasteiger charge is 2.16. The summed E-state index contributed by atoms with van der Waals surface area (Å²) in [7, 11) is 0. The van der Waals surface area contributed by atoms with E-state index in [9.17, 15) is 13.6 Å². The first-order chi connectivity index (χ1) is 14.4. The Hall–Kier alpha value is -3.04. The van der Waals surface area contributed by atoms with Gasteiger partial charge >= 0.3 is 0 Å². The quantitative estimate of drug-likeness (QED) is 0.410. The van der Waals surface area contributed by atoms with Gasteiger partial charge in [-0.2, -0.15) is 0 Å². The predicted molar refractivity (Wildman–Crippen MR) is 109 cm³/mol. The summed E-state index contributed by atoms with van der Waals surface area (Å²) in [5, 5.41) is 6.27. The van der Waals surface area contributed by atoms with E-state index in [1.54, 1.807) is 6.07 Å². The van der Waals surface area contributed by atoms with Crippen LogP contribution in [0.2, 0.25) is 0 Å². The lowest BCUT2D eigenvalue weighted by Gasteiger charge is -2.26. The number of rotatable bonds is 7. The molecule has 0 aromatic heterocycles. The van der Waals surface area contributed by atoms with E-state index in [0.717, 1.165) is 50.5 Å². The number of nitrogens with one attached hydrogen (secondary N) is 1. The van der Waals surface area contributed by atoms with Gasteiger partial charge in [0.15, 0.2) is 17.5 Å². The minimum absolute atomic E-state index is 0.113. The molecule has 2 aromatic rings. The predicted octanol–water partition coefficient (Wildman–Crippen LogP) is 2.46. The van der Waals surface area contributed by atoms with Crippen molar-refractivity contribution in [2.75, 3.05) is 31.6 Å². The lowest BCUT2D eigenvalue weighted by molar-refractivity contribution is -0.126. The van der Waals surface area contributed by atoms with Gasteiger partial charge in [0, 0.05) is 37.0 Å². The van der Waals surface area contributed by atoms with Crippen molar-refractivity contribution in [3.8, 4) is 0 Å². The number of amidine groups is 1. The molecule has 1 atom stereocenters. The van der Waals surface area contributed by atoms with Crippen LogP contribution in [0, 0.1) is 11.6 Å². The van der Waals surface area contributed by atoms with Crippen molar-refractivity contribution in [1.29, 1.82) is 0 Å². The molecule has 0 bridgehead atoms. The number of carbonyl (C=O) groups is 1. The zero-order valence-electron chi connectivity index (χ0n) is 16.6. The van der Waals surface area contributed by atoms with Crippen molar-refractivity contribution in [2.24, 2.45) is 10.9 Å². The largest absolute Gasteiger partial charge is 0.381 e. The number of halogens is 2. The highest BCUT2D eigenvalue weighted by Crippen LogP contribution is 2.14. The maximum atomic E-state index is 13.2. The van der Waals surface area contributed by atoms with Crippen LogP contribution in [0.3, 0.4) is 0 Å². The second kappa shape index (κ2) is 10.1. The first kappa shape index (κ1) is 21.7. The van der Waals surface area contributed by atoms with Crippen LogP contribution in [-0.4, -0.2) is 49.0 Å². The summed E-state index contributed by atoms with van der Waals surface area (Å²) < 4.78 is 31.6. The Morgan fingerprint density at radius 1 is 1.23 bits per heavy atom. The minimum Gasteiger partial charge on any atom is -0.381 e. The highest BCUT2D eigenvalue weighted by atomic mass is 19.2. The van der Waals surface area contributed by atoms with E-state index in [2.05, 4.69) is 15.4 Å². The van der Waals surface area contributed by atoms with Gasteiger partial charge in [0.2, 0.25) is 6.10 Å². The fourth-order valence-electron chi connectivity index (χ4n) is 2.90. The third kappa shape index (κ3) is 5.98. The molecule has 0 spiro atoms. The van der Waals surface area contributed by atoms with Crippen LogP contribution in [0.4, 0.5) is 14.5 Å². The molecule has 0 radical (unpaired) electrons. The number of amides is 1. The van der Waals surface area contributed by atoms with E-state index in [1.165, 1.54) is 13.0 Å². The molecule has 1 fully saturated rings. The van der Waals surface area contributed by atoms with Crippen LogP contribution >= 0.6 is 0 Å². The number of hydrogen-bond donors (Lipinski definition) is 2. The van der Waals surface area contributed by atoms with E-state index in [1.807, 2.05) is 18.2 Å². The zero-order valence-corrected chi connectivity index (χ0v) is 16.6. The number of oxime groups is 1. The monoisotopic (exact) mass is 418 g/mol. The van der Waals surface area contributed by atoms with E-state index < -0.39 is 23.6 Å². The molecule has 2 aromatic carbocycles. The Kier molecular flexibility index (Phi) is 7.31. The fourth-order valence-corrected chi connectivity index (χ4v) is 2.90. The normalized spacial score (nSPS) is 16.2. The number of nitrogens with zero attached hydrogens (tertiary/aromatic N) is 2. The second-order valence-electron chi connectivity index (χ2n) is 6.93. The van der Waals surface area contributed by atoms with E-state index in [4.69, 9.17) is 15.3 Å². The third-order valence-electron chi connectivity index (χ3n) is 4.60. The number of hydrogen-bond acceptors (Lipinski definition) is 5. The number of benzene rings is 2. The molecule has 1 aliphatic heterocycles. The SMILES string of the molecule is CC(ON=C(N)c1cccc(CN2CCOCC2)c1)C(=O)Nc1ccc(F)c(F)c1. The Bertz CT molecular complexity index is 917. The number of morpholine rings is 1. The Labute approximate surface area is 173 Å². The molecular weight excluding hydrogens is 394 g/mol. The van der Waals surface area contributed by atoms with Crippen molar-refractivity contribution >= 4 is 17.4 Å². The molecule has 1 saturated heterocycles. The van der Waals surface area contributed by atoms with Crippen LogP contribution in [0.25, 0.3) is 0 Å². The number of carbonyl (C=O) groups excluding carboxylic acids is 1. The first-order valence-corrected chi connectivity index (χ1v) is 9.57. The molecule has 1 unspecified atom stereocenters. The van der Waals surface area contributed by atoms with Crippen LogP contribution in [0.5, 0.6) is 0 Å². The molecule has 9 heteroatoms. The molecule has 1 heterocycles. The van der Waals surface area contributed by atoms with Gasteiger partial charge in [0.25, 0.3) is 5.91 Å². The lowest BCUT2D eigenvalue weighted by atomic mass is 10.1. The standard InChI is InChI=1S/C21H24F2N4O3/c1-14(21(28)25-17-5-6-18(22)19(23)12-17)30-26-20(24)16-4-2-3-15(11-16)13-27-7-9-29-10-8-27/h2-6,11-12,14H,7-10,13H2,1H3,(H2,24,26)(H,25,28). The van der Waals surface area contributed by atoms with Crippen molar-refractivity contribution in [1.82, 2.24) is 4.90 Å². The highest BCUT2D eigenvalue weighted by molar-refractivity contribution is 5.97. The van der Waals surface area contributed by atoms with Gasteiger partial charge in [0.1, 0.15) is 0 Å². The van der Waals surface area contributed by atoms with Gasteiger partial charge < -0.3 is 20.6 Å². The zero-order chi connectivity index (χ0) is 21.5. The summed E-state index contributed by atoms with van der Waals surface area (Å²) in [6.45, 7) is 5.45. The van der Waals surface area contributed by atoms with Crippen LogP contribution < -0.4 is 11.1 Å². The number of anilines is 1. The van der Waals surface area contributed by atoms with Gasteiger partial charge in [-0.25, -0.2) is 8.78 Å². The van der Waals surface area contributed by atoms with E-state index in [0.29, 0.717) is 5.56 Å². The molecule has 3 N–H and O–H groups in total. The molecule has 160 valence electrons. The van der Waals surface area contributed by atoms with E-state index >= 15 is 0 Å². The second-order valence-corrected chi connectivity index (χ2v) is 6.93. The van der Waals surface area contributed by atoms with E-state index in [-0.39, 0.29) is 11.5 Å². The van der Waals surface area contributed by atoms with Crippen molar-refractivity contribution in [3.05, 3.63) is 65.2 Å². The summed E-state index contributed by atoms with van der Waals surface area (Å²) in [5.74, 6) is -2.49. The Morgan fingerprint density at radius 2 is 2.00 bits per heavy atom. The summed E-state index contributed by atoms with van der Waals surface area (Å²) in [5.41, 5.74) is 7.87. The Morgan fingerprint density at radius 3 is 2.73 bits per heavy atom. The van der Waals surface area contributed by atoms with Gasteiger partial charge in [0.05, 0.1) is 13.2 Å². The van der Waals surface area contributed by atoms with Crippen LogP contribution in [0.1, 0.15) is 18.1 Å². The fraction of sp³-hybridized carbons (Fsp3) is 0.333. The molecule has 3 rings (SSSR count). The molecule has 0 aliphatic carbocycles. The lowest BCUT2D eigenvalue weighted by Crippen LogP contribution is -2.35. The maximum absolute atomic E-state index is 13.2. The number of nitrogens with two attached hydrogens (primary N) is 1. The molecular formula is C21H24F2N4O3. The first-order valence-electron chi connectivity index (χ1n) is 9.57. The minimum atomic E-state index is -1.06. The molecule has 0 saturated carbocycles. The van der Waals surface area contributed by atoms with Crippen LogP contribution in [-0.2, 0) is 20.9 Å². The third-order valence-corrected chi connectivity index (χ3v) is 4.60.